The summed E-state index contributed by atoms with van der Waals surface area (Å²) in [6.07, 6.45) is 1.77. The SMILES string of the molecule is c1ccc(-c2nc(-c3ccc4c(oc5ccc6ccccc6c54)c3C3CCc4ccccc4-c4cc5ccccc5cc43)nc(-c3cccc4c3c3ccccc3n4-c3ccccc3)n2)cc1. The van der Waals surface area contributed by atoms with Crippen molar-refractivity contribution in [3.8, 4) is 51.0 Å². The van der Waals surface area contributed by atoms with E-state index in [1.54, 1.807) is 0 Å². The summed E-state index contributed by atoms with van der Waals surface area (Å²) in [5.41, 5.74) is 14.1. The number of nitrogens with zero attached hydrogens (tertiary/aromatic N) is 4. The number of hydrogen-bond acceptors (Lipinski definition) is 4. The van der Waals surface area contributed by atoms with Gasteiger partial charge in [0.15, 0.2) is 17.5 Å². The molecule has 14 rings (SSSR count). The molecule has 0 spiro atoms. The Kier molecular flexibility index (Phi) is 8.40. The molecule has 3 aromatic heterocycles. The molecule has 1 aliphatic carbocycles. The summed E-state index contributed by atoms with van der Waals surface area (Å²) >= 11 is 0. The Balaban J connectivity index is 1.09. The maximum absolute atomic E-state index is 7.23. The van der Waals surface area contributed by atoms with Crippen molar-refractivity contribution >= 4 is 65.3 Å². The standard InChI is InChI=1S/C62H40N4O/c1-3-18-40(19-4-1)60-63-61(49-27-15-29-54-56(49)47-26-13-14-28-53(47)66(54)43-22-5-2-6-23-43)65-62(64-60)50-34-33-48-57-45-25-12-10-17-39(45)31-35-55(57)67-59(48)58(50)46-32-30-38-16-9-11-24-44(38)51-36-41-20-7-8-21-42(41)37-52(46)51/h1-29,31,33-37,46H,30,32H2. The molecule has 0 fully saturated rings. The van der Waals surface area contributed by atoms with E-state index in [1.165, 1.54) is 43.8 Å². The minimum Gasteiger partial charge on any atom is -0.456 e. The number of hydrogen-bond donors (Lipinski definition) is 0. The monoisotopic (exact) mass is 856 g/mol. The van der Waals surface area contributed by atoms with Crippen LogP contribution in [-0.4, -0.2) is 19.5 Å². The van der Waals surface area contributed by atoms with Crippen LogP contribution >= 0.6 is 0 Å². The van der Waals surface area contributed by atoms with Crippen LogP contribution in [0.2, 0.25) is 0 Å². The highest BCUT2D eigenvalue weighted by molar-refractivity contribution is 6.20. The summed E-state index contributed by atoms with van der Waals surface area (Å²) in [7, 11) is 0. The Hall–Kier alpha value is -8.67. The van der Waals surface area contributed by atoms with Crippen LogP contribution in [0.1, 0.15) is 29.0 Å². The van der Waals surface area contributed by atoms with Crippen molar-refractivity contribution in [1.82, 2.24) is 19.5 Å². The number of rotatable bonds is 5. The molecule has 0 amide bonds. The molecule has 67 heavy (non-hydrogen) atoms. The van der Waals surface area contributed by atoms with E-state index in [4.69, 9.17) is 19.4 Å². The number of para-hydroxylation sites is 2. The molecule has 1 atom stereocenters. The first-order chi connectivity index (χ1) is 33.2. The summed E-state index contributed by atoms with van der Waals surface area (Å²) in [4.78, 5) is 16.4. The van der Waals surface area contributed by atoms with Gasteiger partial charge in [0.25, 0.3) is 0 Å². The zero-order chi connectivity index (χ0) is 44.0. The zero-order valence-electron chi connectivity index (χ0n) is 36.4. The summed E-state index contributed by atoms with van der Waals surface area (Å²) in [6.45, 7) is 0. The lowest BCUT2D eigenvalue weighted by molar-refractivity contribution is 0.648. The van der Waals surface area contributed by atoms with E-state index in [0.29, 0.717) is 17.5 Å². The van der Waals surface area contributed by atoms with Crippen molar-refractivity contribution in [3.63, 3.8) is 0 Å². The van der Waals surface area contributed by atoms with E-state index in [9.17, 15) is 0 Å². The largest absolute Gasteiger partial charge is 0.456 e. The van der Waals surface area contributed by atoms with Crippen LogP contribution in [0.15, 0.2) is 217 Å². The van der Waals surface area contributed by atoms with Crippen LogP contribution in [0.25, 0.3) is 116 Å². The Morgan fingerprint density at radius 1 is 0.433 bits per heavy atom. The summed E-state index contributed by atoms with van der Waals surface area (Å²) in [5.74, 6) is 1.78. The molecule has 10 aromatic carbocycles. The maximum Gasteiger partial charge on any atom is 0.164 e. The van der Waals surface area contributed by atoms with Gasteiger partial charge in [0.1, 0.15) is 11.2 Å². The minimum absolute atomic E-state index is 0.0646. The lowest BCUT2D eigenvalue weighted by Gasteiger charge is -2.23. The van der Waals surface area contributed by atoms with Gasteiger partial charge in [0.05, 0.1) is 11.0 Å². The fraction of sp³-hybridized carbons (Fsp3) is 0.0484. The Morgan fingerprint density at radius 2 is 1.09 bits per heavy atom. The third-order valence-corrected chi connectivity index (χ3v) is 14.1. The van der Waals surface area contributed by atoms with Crippen LogP contribution in [0.4, 0.5) is 0 Å². The van der Waals surface area contributed by atoms with Crippen LogP contribution in [-0.2, 0) is 6.42 Å². The van der Waals surface area contributed by atoms with E-state index in [1.807, 2.05) is 18.2 Å². The van der Waals surface area contributed by atoms with Gasteiger partial charge >= 0.3 is 0 Å². The first kappa shape index (κ1) is 37.7. The summed E-state index contributed by atoms with van der Waals surface area (Å²) in [6, 6.07) is 75.9. The fourth-order valence-corrected chi connectivity index (χ4v) is 11.1. The lowest BCUT2D eigenvalue weighted by Crippen LogP contribution is -2.08. The Morgan fingerprint density at radius 3 is 1.94 bits per heavy atom. The predicted octanol–water partition coefficient (Wildman–Crippen LogP) is 15.9. The molecule has 5 heteroatoms. The quantitative estimate of drug-likeness (QED) is 0.173. The van der Waals surface area contributed by atoms with E-state index in [0.717, 1.165) is 84.5 Å². The molecule has 13 aromatic rings. The topological polar surface area (TPSA) is 56.7 Å². The van der Waals surface area contributed by atoms with Gasteiger partial charge in [-0.3, -0.25) is 0 Å². The molecule has 0 N–H and O–H groups in total. The molecular formula is C62H40N4O. The van der Waals surface area contributed by atoms with Crippen molar-refractivity contribution in [3.05, 3.63) is 229 Å². The first-order valence-corrected chi connectivity index (χ1v) is 23.1. The van der Waals surface area contributed by atoms with Gasteiger partial charge in [-0.25, -0.2) is 15.0 Å². The third kappa shape index (κ3) is 5.91. The van der Waals surface area contributed by atoms with Gasteiger partial charge in [-0.2, -0.15) is 0 Å². The number of aryl methyl sites for hydroxylation is 1. The highest BCUT2D eigenvalue weighted by atomic mass is 16.3. The number of fused-ring (bicyclic) bond motifs is 12. The highest BCUT2D eigenvalue weighted by Gasteiger charge is 2.31. The number of furan rings is 1. The molecule has 314 valence electrons. The second-order valence-electron chi connectivity index (χ2n) is 17.8. The first-order valence-electron chi connectivity index (χ1n) is 23.1. The van der Waals surface area contributed by atoms with Gasteiger partial charge in [0, 0.05) is 55.4 Å². The van der Waals surface area contributed by atoms with Crippen molar-refractivity contribution in [2.75, 3.05) is 0 Å². The molecule has 0 saturated heterocycles. The second-order valence-corrected chi connectivity index (χ2v) is 17.8. The number of aromatic nitrogens is 4. The van der Waals surface area contributed by atoms with Crippen LogP contribution in [0.5, 0.6) is 0 Å². The van der Waals surface area contributed by atoms with Crippen molar-refractivity contribution in [2.24, 2.45) is 0 Å². The van der Waals surface area contributed by atoms with Gasteiger partial charge < -0.3 is 8.98 Å². The lowest BCUT2D eigenvalue weighted by atomic mass is 9.81. The van der Waals surface area contributed by atoms with E-state index < -0.39 is 0 Å². The molecular weight excluding hydrogens is 817 g/mol. The molecule has 0 aliphatic heterocycles. The average Bonchev–Trinajstić information content (AvgIpc) is 3.90. The van der Waals surface area contributed by atoms with Crippen LogP contribution in [0, 0.1) is 0 Å². The predicted molar refractivity (Wildman–Crippen MR) is 275 cm³/mol. The molecule has 0 radical (unpaired) electrons. The van der Waals surface area contributed by atoms with Crippen LogP contribution < -0.4 is 0 Å². The summed E-state index contributed by atoms with van der Waals surface area (Å²) in [5, 5.41) is 9.24. The van der Waals surface area contributed by atoms with Gasteiger partial charge in [-0.1, -0.05) is 158 Å². The Labute approximate surface area is 386 Å². The molecule has 5 nitrogen and oxygen atoms in total. The van der Waals surface area contributed by atoms with E-state index >= 15 is 0 Å². The van der Waals surface area contributed by atoms with Gasteiger partial charge in [-0.05, 0) is 111 Å². The molecule has 0 saturated carbocycles. The molecule has 0 bridgehead atoms. The van der Waals surface area contributed by atoms with Crippen molar-refractivity contribution < 1.29 is 4.42 Å². The van der Waals surface area contributed by atoms with E-state index in [2.05, 4.69) is 199 Å². The maximum atomic E-state index is 7.23. The van der Waals surface area contributed by atoms with E-state index in [-0.39, 0.29) is 5.92 Å². The highest BCUT2D eigenvalue weighted by Crippen LogP contribution is 2.50. The fourth-order valence-electron chi connectivity index (χ4n) is 11.1. The normalized spacial score (nSPS) is 13.7. The van der Waals surface area contributed by atoms with Crippen molar-refractivity contribution in [2.45, 2.75) is 18.8 Å². The van der Waals surface area contributed by atoms with Crippen LogP contribution in [0.3, 0.4) is 0 Å². The number of benzene rings is 10. The smallest absolute Gasteiger partial charge is 0.164 e. The second kappa shape index (κ2) is 14.9. The average molecular weight is 857 g/mol. The molecule has 1 aliphatic rings. The summed E-state index contributed by atoms with van der Waals surface area (Å²) < 4.78 is 9.58. The van der Waals surface area contributed by atoms with Crippen molar-refractivity contribution in [1.29, 1.82) is 0 Å². The third-order valence-electron chi connectivity index (χ3n) is 14.1. The van der Waals surface area contributed by atoms with Gasteiger partial charge in [0.2, 0.25) is 0 Å². The molecule has 1 unspecified atom stereocenters. The Bertz CT molecular complexity index is 4110. The van der Waals surface area contributed by atoms with Gasteiger partial charge in [-0.15, -0.1) is 0 Å². The molecule has 3 heterocycles. The minimum atomic E-state index is -0.0646. The zero-order valence-corrected chi connectivity index (χ0v) is 36.4.